The number of rotatable bonds is 16. The number of ether oxygens (including phenoxy) is 1. The van der Waals surface area contributed by atoms with E-state index in [1.54, 1.807) is 18.2 Å². The lowest BCUT2D eigenvalue weighted by molar-refractivity contribution is 0.0599. The molecule has 13 aromatic rings. The van der Waals surface area contributed by atoms with E-state index in [2.05, 4.69) is 121 Å². The molecule has 9 heterocycles. The van der Waals surface area contributed by atoms with Crippen LogP contribution in [0.3, 0.4) is 0 Å². The number of carbonyl (C=O) groups is 8. The van der Waals surface area contributed by atoms with Gasteiger partial charge in [-0.2, -0.15) is 5.10 Å². The number of nitrogens with zero attached hydrogens (tertiary/aromatic N) is 19. The van der Waals surface area contributed by atoms with Crippen molar-refractivity contribution < 1.29 is 84.2 Å². The summed E-state index contributed by atoms with van der Waals surface area (Å²) in [5.41, 5.74) is 5.19. The second-order valence-electron chi connectivity index (χ2n) is 21.3. The predicted molar refractivity (Wildman–Crippen MR) is 370 cm³/mol. The number of nitrogens with one attached hydrogen (secondary N) is 5. The molecule has 0 spiro atoms. The predicted octanol–water partition coefficient (Wildman–Crippen LogP) is 3.30. The number of anilines is 5. The number of sulfone groups is 1. The third-order valence-electron chi connectivity index (χ3n) is 14.3. The lowest BCUT2D eigenvalue weighted by atomic mass is 10.1. The molecule has 0 aliphatic heterocycles. The Balaban J connectivity index is 0.000000155. The summed E-state index contributed by atoms with van der Waals surface area (Å²) < 4.78 is 85.3. The molecule has 40 nitrogen and oxygen atoms in total. The van der Waals surface area contributed by atoms with Gasteiger partial charge in [-0.3, -0.25) is 37.3 Å². The zero-order valence-electron chi connectivity index (χ0n) is 55.1. The Bertz CT molecular complexity index is 6260. The maximum atomic E-state index is 13.8. The Morgan fingerprint density at radius 1 is 0.615 bits per heavy atom. The van der Waals surface area contributed by atoms with Crippen molar-refractivity contribution in [3.63, 3.8) is 0 Å². The Kier molecular flexibility index (Phi) is 22.0. The number of fused-ring (bicyclic) bond motifs is 4. The summed E-state index contributed by atoms with van der Waals surface area (Å²) >= 11 is 0. The van der Waals surface area contributed by atoms with Crippen LogP contribution in [0.2, 0.25) is 0 Å². The van der Waals surface area contributed by atoms with Crippen molar-refractivity contribution in [2.75, 3.05) is 46.6 Å². The molecule has 13 rings (SSSR count). The summed E-state index contributed by atoms with van der Waals surface area (Å²) in [5, 5.41) is 84.5. The number of carbonyl (C=O) groups excluding carboxylic acids is 5. The van der Waals surface area contributed by atoms with Crippen LogP contribution in [0.25, 0.3) is 40.3 Å². The first-order valence-electron chi connectivity index (χ1n) is 29.5. The number of nitrogens with two attached hydrogens (primary N) is 1. The van der Waals surface area contributed by atoms with Crippen molar-refractivity contribution in [3.05, 3.63) is 195 Å². The Morgan fingerprint density at radius 2 is 1.11 bits per heavy atom. The van der Waals surface area contributed by atoms with Crippen molar-refractivity contribution in [3.8, 4) is 48.5 Å². The third kappa shape index (κ3) is 16.6. The number of tetrazole rings is 1. The van der Waals surface area contributed by atoms with Gasteiger partial charge in [0, 0.05) is 24.9 Å². The second-order valence-corrected chi connectivity index (χ2v) is 24.5. The number of terminal acetylenes is 3. The standard InChI is InChI=1S/C17H9FN8O3.C16H10FN5O5S.C16H10FN5O4S.C15H13N7O3/c1-2-8-5-12(9(17(28)29)6-10(8)18)21-16(27)11-3-4-13-14(15-19-7-20-23-15)22-25-26(13)24-11;1-3-8-6-12(9(14(24)25)7-10(8)17)18-13(23)11-4-5-22-15(19-11)20-21-16(22)28(2,26)27;1-3-8-6-12(9(14(24)25)7-10(8)17)18-13(23)11-4-5-22-15(19-11)20-21-16(22)27(2)26;1-3-8-4-5-9(15(24)25-2)11(6-8)17-14(23)12-7-10(16)13-18-20-21-22(13)19-12/h1,3-7H,(H,21,27)(H,28,29)(H,19,20,23);1,4-7H,2H3,(H,18,23)(H,24,25);1,4-7H,2H3,(H,18,23)(H,24,25);3-7H,1,16H2,2H3,(H,17,23). The van der Waals surface area contributed by atoms with Gasteiger partial charge in [-0.25, -0.2) is 55.7 Å². The van der Waals surface area contributed by atoms with E-state index < -0.39 is 102 Å². The second kappa shape index (κ2) is 31.7. The maximum absolute atomic E-state index is 13.8. The Morgan fingerprint density at radius 3 is 1.60 bits per heavy atom. The lowest BCUT2D eigenvalue weighted by Crippen LogP contribution is -2.18. The summed E-state index contributed by atoms with van der Waals surface area (Å²) in [6.07, 6.45) is 23.4. The Hall–Kier alpha value is -16.0. The number of methoxy groups -OCH3 is 1. The van der Waals surface area contributed by atoms with E-state index in [0.717, 1.165) is 50.2 Å². The van der Waals surface area contributed by atoms with Crippen LogP contribution in [-0.4, -0.2) is 195 Å². The van der Waals surface area contributed by atoms with Gasteiger partial charge >= 0.3 is 23.9 Å². The molecular formula is C64H42F3N25O15S2. The molecule has 0 saturated heterocycles. The maximum Gasteiger partial charge on any atom is 0.339 e. The number of aromatic amines is 1. The minimum Gasteiger partial charge on any atom is -0.478 e. The van der Waals surface area contributed by atoms with Gasteiger partial charge in [-0.15, -0.1) is 69.3 Å². The number of carboxylic acid groups (broad SMARTS) is 3. The number of amides is 4. The van der Waals surface area contributed by atoms with Crippen LogP contribution in [0, 0.1) is 54.5 Å². The highest BCUT2D eigenvalue weighted by Gasteiger charge is 2.26. The topological polar surface area (TPSA) is 559 Å². The van der Waals surface area contributed by atoms with Gasteiger partial charge in [0.15, 0.2) is 22.9 Å². The van der Waals surface area contributed by atoms with Gasteiger partial charge in [0.1, 0.15) is 40.7 Å². The molecule has 45 heteroatoms. The van der Waals surface area contributed by atoms with Crippen LogP contribution in [0.5, 0.6) is 0 Å². The molecular weight excluding hydrogens is 1480 g/mol. The van der Waals surface area contributed by atoms with Crippen LogP contribution in [0.15, 0.2) is 121 Å². The van der Waals surface area contributed by atoms with Crippen molar-refractivity contribution in [1.29, 1.82) is 0 Å². The van der Waals surface area contributed by atoms with Crippen molar-refractivity contribution >= 4 is 125 Å². The number of halogens is 3. The molecule has 109 heavy (non-hydrogen) atoms. The zero-order chi connectivity index (χ0) is 78.9. The van der Waals surface area contributed by atoms with E-state index in [1.165, 1.54) is 72.9 Å². The summed E-state index contributed by atoms with van der Waals surface area (Å²) in [5.74, 6) is -4.14. The fourth-order valence-corrected chi connectivity index (χ4v) is 10.5. The number of hydrogen-bond donors (Lipinski definition) is 9. The zero-order valence-corrected chi connectivity index (χ0v) is 56.7. The summed E-state index contributed by atoms with van der Waals surface area (Å²) in [4.78, 5) is 108. The normalized spacial score (nSPS) is 11.0. The SMILES string of the molecule is C#Cc1cc(NC(=O)c2ccc3c(-c4ncn[nH]4)nnn3n2)c(C(=O)O)cc1F.C#Cc1cc(NC(=O)c2ccn3c(S(C)(=O)=O)nnc3n2)c(C(=O)O)cc1F.C#Cc1cc(NC(=O)c2ccn3c(S(C)=O)nnc3n2)c(C(=O)O)cc1F.C=Cc1ccc(C(=O)OC)c(NC(=O)c2cc(N)c3nnnn3n2)c1. The number of H-pyrrole nitrogens is 1. The molecule has 4 amide bonds. The number of benzene rings is 4. The first-order chi connectivity index (χ1) is 51.9. The van der Waals surface area contributed by atoms with Crippen molar-refractivity contribution in [2.24, 2.45) is 0 Å². The summed E-state index contributed by atoms with van der Waals surface area (Å²) in [6, 6.07) is 16.9. The van der Waals surface area contributed by atoms with Gasteiger partial charge in [0.05, 0.1) is 85.3 Å². The molecule has 0 aliphatic carbocycles. The summed E-state index contributed by atoms with van der Waals surface area (Å²) in [6.45, 7) is 3.66. The molecule has 1 unspecified atom stereocenters. The highest BCUT2D eigenvalue weighted by Crippen LogP contribution is 2.27. The number of nitrogen functional groups attached to an aromatic ring is 1. The van der Waals surface area contributed by atoms with Crippen LogP contribution in [0.1, 0.15) is 106 Å². The number of esters is 1. The molecule has 4 aromatic carbocycles. The molecule has 9 aromatic heterocycles. The summed E-state index contributed by atoms with van der Waals surface area (Å²) in [7, 11) is -3.82. The van der Waals surface area contributed by atoms with E-state index in [9.17, 15) is 79.5 Å². The number of aromatic nitrogens is 20. The average Bonchev–Trinajstić information content (AvgIpc) is 1.71. The average molecular weight is 1520 g/mol. The molecule has 0 aliphatic rings. The van der Waals surface area contributed by atoms with Gasteiger partial charge in [0.25, 0.3) is 40.3 Å². The first kappa shape index (κ1) is 75.7. The monoisotopic (exact) mass is 1520 g/mol. The van der Waals surface area contributed by atoms with Crippen LogP contribution in [0.4, 0.5) is 41.6 Å². The van der Waals surface area contributed by atoms with Gasteiger partial charge in [-0.1, -0.05) is 36.5 Å². The number of hydrogen-bond acceptors (Lipinski definition) is 28. The third-order valence-corrected chi connectivity index (χ3v) is 16.0. The van der Waals surface area contributed by atoms with E-state index >= 15 is 0 Å². The minimum absolute atomic E-state index is 0.0166. The van der Waals surface area contributed by atoms with Crippen molar-refractivity contribution in [2.45, 2.75) is 10.3 Å². The Labute approximate surface area is 607 Å². The van der Waals surface area contributed by atoms with Gasteiger partial charge in [0.2, 0.25) is 20.6 Å². The lowest BCUT2D eigenvalue weighted by Gasteiger charge is -2.11. The quantitative estimate of drug-likeness (QED) is 0.0495. The van der Waals surface area contributed by atoms with E-state index in [4.69, 9.17) is 29.7 Å². The number of aromatic carboxylic acids is 3. The fraction of sp³-hybridized carbons (Fsp3) is 0.0469. The smallest absolute Gasteiger partial charge is 0.339 e. The van der Waals surface area contributed by atoms with E-state index in [1.807, 2.05) is 5.92 Å². The van der Waals surface area contributed by atoms with Crippen molar-refractivity contribution in [1.82, 2.24) is 99.6 Å². The van der Waals surface area contributed by atoms with Crippen LogP contribution < -0.4 is 27.0 Å². The van der Waals surface area contributed by atoms with E-state index in [0.29, 0.717) is 28.7 Å². The minimum atomic E-state index is -3.67. The molecule has 0 bridgehead atoms. The molecule has 546 valence electrons. The fourth-order valence-electron chi connectivity index (χ4n) is 9.23. The number of carboxylic acids is 3. The molecule has 1 atom stereocenters. The van der Waals surface area contributed by atoms with Crippen LogP contribution >= 0.6 is 0 Å². The molecule has 0 saturated carbocycles. The molecule has 0 radical (unpaired) electrons. The van der Waals surface area contributed by atoms with Crippen LogP contribution in [-0.2, 0) is 25.4 Å². The molecule has 10 N–H and O–H groups in total. The highest BCUT2D eigenvalue weighted by atomic mass is 32.2. The van der Waals surface area contributed by atoms with Gasteiger partial charge < -0.3 is 47.1 Å². The van der Waals surface area contributed by atoms with E-state index in [-0.39, 0.29) is 101 Å². The highest BCUT2D eigenvalue weighted by molar-refractivity contribution is 7.90. The molecule has 0 fully saturated rings. The largest absolute Gasteiger partial charge is 0.478 e. The van der Waals surface area contributed by atoms with Gasteiger partial charge in [-0.05, 0) is 100 Å². The first-order valence-corrected chi connectivity index (χ1v) is 33.0.